The molecule has 0 aliphatic heterocycles. The molecule has 22 heavy (non-hydrogen) atoms. The molecule has 7 heteroatoms. The predicted molar refractivity (Wildman–Crippen MR) is 81.0 cm³/mol. The number of carbonyl (C=O) groups is 1. The van der Waals surface area contributed by atoms with Crippen LogP contribution in [0.1, 0.15) is 26.2 Å². The number of ether oxygens (including phenoxy) is 1. The first kappa shape index (κ1) is 15.8. The number of aromatic hydroxyl groups is 1. The summed E-state index contributed by atoms with van der Waals surface area (Å²) in [4.78, 5) is 38.0. The normalized spacial score (nSPS) is 10.8. The fourth-order valence-electron chi connectivity index (χ4n) is 2.21. The van der Waals surface area contributed by atoms with Crippen LogP contribution in [0.15, 0.2) is 27.8 Å². The Labute approximate surface area is 126 Å². The topological polar surface area (TPSA) is 101 Å². The lowest BCUT2D eigenvalue weighted by atomic mass is 10.2. The van der Waals surface area contributed by atoms with E-state index in [9.17, 15) is 19.5 Å². The third-order valence-electron chi connectivity index (χ3n) is 3.28. The van der Waals surface area contributed by atoms with Crippen molar-refractivity contribution in [1.82, 2.24) is 9.55 Å². The number of rotatable bonds is 6. The second-order valence-electron chi connectivity index (χ2n) is 4.88. The number of hydrogen-bond acceptors (Lipinski definition) is 5. The van der Waals surface area contributed by atoms with Crippen molar-refractivity contribution in [2.75, 3.05) is 6.61 Å². The number of fused-ring (bicyclic) bond motifs is 1. The molecule has 2 aromatic rings. The summed E-state index contributed by atoms with van der Waals surface area (Å²) in [7, 11) is 0. The number of phenols is 1. The van der Waals surface area contributed by atoms with Gasteiger partial charge in [-0.05, 0) is 38.0 Å². The Hall–Kier alpha value is -2.57. The summed E-state index contributed by atoms with van der Waals surface area (Å²) in [5.41, 5.74) is -0.569. The lowest BCUT2D eigenvalue weighted by Crippen LogP contribution is -2.35. The molecule has 0 atom stereocenters. The molecule has 118 valence electrons. The quantitative estimate of drug-likeness (QED) is 0.615. The van der Waals surface area contributed by atoms with Gasteiger partial charge in [0.15, 0.2) is 0 Å². The fourth-order valence-corrected chi connectivity index (χ4v) is 2.21. The van der Waals surface area contributed by atoms with E-state index in [1.165, 1.54) is 18.2 Å². The molecular formula is C15H18N2O5. The number of H-pyrrole nitrogens is 1. The number of phenolic OH excluding ortho intramolecular Hbond substituents is 1. The highest BCUT2D eigenvalue weighted by molar-refractivity contribution is 5.78. The van der Waals surface area contributed by atoms with Gasteiger partial charge in [0.05, 0.1) is 17.5 Å². The van der Waals surface area contributed by atoms with E-state index in [2.05, 4.69) is 4.98 Å². The third-order valence-corrected chi connectivity index (χ3v) is 3.28. The minimum Gasteiger partial charge on any atom is -0.508 e. The number of benzene rings is 1. The molecule has 0 aliphatic rings. The molecule has 1 aromatic carbocycles. The summed E-state index contributed by atoms with van der Waals surface area (Å²) in [5, 5.41) is 9.70. The van der Waals surface area contributed by atoms with Crippen LogP contribution in [-0.4, -0.2) is 27.2 Å². The highest BCUT2D eigenvalue weighted by Gasteiger charge is 2.08. The van der Waals surface area contributed by atoms with Crippen LogP contribution in [0.25, 0.3) is 10.9 Å². The van der Waals surface area contributed by atoms with Gasteiger partial charge >= 0.3 is 11.7 Å². The van der Waals surface area contributed by atoms with Gasteiger partial charge in [-0.3, -0.25) is 14.2 Å². The highest BCUT2D eigenvalue weighted by atomic mass is 16.5. The minimum absolute atomic E-state index is 0.0366. The van der Waals surface area contributed by atoms with Gasteiger partial charge in [0, 0.05) is 13.0 Å². The van der Waals surface area contributed by atoms with Gasteiger partial charge in [-0.2, -0.15) is 0 Å². The number of nitrogens with one attached hydrogen (secondary N) is 1. The summed E-state index contributed by atoms with van der Waals surface area (Å²) in [6, 6.07) is 4.21. The van der Waals surface area contributed by atoms with Gasteiger partial charge in [0.2, 0.25) is 0 Å². The van der Waals surface area contributed by atoms with E-state index in [0.717, 1.165) is 4.57 Å². The zero-order chi connectivity index (χ0) is 16.1. The van der Waals surface area contributed by atoms with Crippen molar-refractivity contribution in [2.24, 2.45) is 0 Å². The Morgan fingerprint density at radius 2 is 2.09 bits per heavy atom. The molecule has 2 N–H and O–H groups in total. The first-order valence-corrected chi connectivity index (χ1v) is 7.14. The Balaban J connectivity index is 2.13. The van der Waals surface area contributed by atoms with E-state index < -0.39 is 11.2 Å². The summed E-state index contributed by atoms with van der Waals surface area (Å²) in [6.07, 6.45) is 1.30. The van der Waals surface area contributed by atoms with Crippen molar-refractivity contribution in [3.05, 3.63) is 39.0 Å². The Morgan fingerprint density at radius 3 is 2.82 bits per heavy atom. The fraction of sp³-hybridized carbons (Fsp3) is 0.400. The Kier molecular flexibility index (Phi) is 4.98. The van der Waals surface area contributed by atoms with Crippen LogP contribution in [-0.2, 0) is 16.1 Å². The molecule has 7 nitrogen and oxygen atoms in total. The van der Waals surface area contributed by atoms with Crippen LogP contribution >= 0.6 is 0 Å². The predicted octanol–water partition coefficient (Wildman–Crippen LogP) is 1.13. The first-order chi connectivity index (χ1) is 10.5. The molecule has 2 rings (SSSR count). The van der Waals surface area contributed by atoms with E-state index in [-0.39, 0.29) is 30.1 Å². The van der Waals surface area contributed by atoms with Crippen LogP contribution in [0.5, 0.6) is 5.75 Å². The standard InChI is InChI=1S/C15H18N2O5/c1-2-22-13(19)5-3-4-8-17-14(20)11-9-10(18)6-7-12(11)16-15(17)21/h6-7,9,18H,2-5,8H2,1H3,(H,16,21). The molecule has 1 aromatic heterocycles. The second-order valence-corrected chi connectivity index (χ2v) is 4.88. The molecule has 0 bridgehead atoms. The van der Waals surface area contributed by atoms with E-state index in [0.29, 0.717) is 25.0 Å². The van der Waals surface area contributed by atoms with E-state index in [4.69, 9.17) is 4.74 Å². The summed E-state index contributed by atoms with van der Waals surface area (Å²) < 4.78 is 5.89. The van der Waals surface area contributed by atoms with Gasteiger partial charge in [0.1, 0.15) is 5.75 Å². The molecule has 0 fully saturated rings. The zero-order valence-corrected chi connectivity index (χ0v) is 12.3. The maximum atomic E-state index is 12.3. The number of hydrogen-bond donors (Lipinski definition) is 2. The third kappa shape index (κ3) is 3.55. The number of aromatic amines is 1. The Bertz CT molecular complexity index is 791. The summed E-state index contributed by atoms with van der Waals surface area (Å²) in [5.74, 6) is -0.322. The van der Waals surface area contributed by atoms with Crippen molar-refractivity contribution in [3.8, 4) is 5.75 Å². The van der Waals surface area contributed by atoms with E-state index in [1.807, 2.05) is 0 Å². The lowest BCUT2D eigenvalue weighted by Gasteiger charge is -2.06. The highest BCUT2D eigenvalue weighted by Crippen LogP contribution is 2.13. The maximum absolute atomic E-state index is 12.3. The van der Waals surface area contributed by atoms with Crippen LogP contribution in [0.3, 0.4) is 0 Å². The van der Waals surface area contributed by atoms with Gasteiger partial charge in [-0.1, -0.05) is 0 Å². The number of nitrogens with zero attached hydrogens (tertiary/aromatic N) is 1. The number of esters is 1. The largest absolute Gasteiger partial charge is 0.508 e. The molecule has 0 aliphatic carbocycles. The number of aromatic nitrogens is 2. The molecule has 0 spiro atoms. The number of unbranched alkanes of at least 4 members (excludes halogenated alkanes) is 1. The van der Waals surface area contributed by atoms with Gasteiger partial charge < -0.3 is 14.8 Å². The van der Waals surface area contributed by atoms with Crippen molar-refractivity contribution >= 4 is 16.9 Å². The Morgan fingerprint density at radius 1 is 1.32 bits per heavy atom. The van der Waals surface area contributed by atoms with Crippen molar-refractivity contribution in [2.45, 2.75) is 32.7 Å². The van der Waals surface area contributed by atoms with E-state index in [1.54, 1.807) is 6.92 Å². The van der Waals surface area contributed by atoms with Gasteiger partial charge in [-0.25, -0.2) is 4.79 Å². The van der Waals surface area contributed by atoms with Crippen LogP contribution in [0.2, 0.25) is 0 Å². The molecule has 0 unspecified atom stereocenters. The molecule has 0 saturated heterocycles. The first-order valence-electron chi connectivity index (χ1n) is 7.14. The minimum atomic E-state index is -0.501. The van der Waals surface area contributed by atoms with Crippen molar-refractivity contribution in [1.29, 1.82) is 0 Å². The zero-order valence-electron chi connectivity index (χ0n) is 12.3. The maximum Gasteiger partial charge on any atom is 0.328 e. The average molecular weight is 306 g/mol. The van der Waals surface area contributed by atoms with Crippen molar-refractivity contribution < 1.29 is 14.6 Å². The summed E-state index contributed by atoms with van der Waals surface area (Å²) >= 11 is 0. The monoisotopic (exact) mass is 306 g/mol. The average Bonchev–Trinajstić information content (AvgIpc) is 2.47. The molecule has 1 heterocycles. The SMILES string of the molecule is CCOC(=O)CCCCn1c(=O)[nH]c2ccc(O)cc2c1=O. The molecular weight excluding hydrogens is 288 g/mol. The lowest BCUT2D eigenvalue weighted by molar-refractivity contribution is -0.143. The van der Waals surface area contributed by atoms with Crippen LogP contribution < -0.4 is 11.2 Å². The number of carbonyl (C=O) groups excluding carboxylic acids is 1. The van der Waals surface area contributed by atoms with Crippen LogP contribution in [0.4, 0.5) is 0 Å². The molecule has 0 saturated carbocycles. The molecule has 0 radical (unpaired) electrons. The summed E-state index contributed by atoms with van der Waals surface area (Å²) in [6.45, 7) is 2.28. The van der Waals surface area contributed by atoms with Crippen LogP contribution in [0, 0.1) is 0 Å². The van der Waals surface area contributed by atoms with Gasteiger partial charge in [-0.15, -0.1) is 0 Å². The smallest absolute Gasteiger partial charge is 0.328 e. The van der Waals surface area contributed by atoms with E-state index >= 15 is 0 Å². The molecule has 0 amide bonds. The van der Waals surface area contributed by atoms with Crippen molar-refractivity contribution in [3.63, 3.8) is 0 Å². The van der Waals surface area contributed by atoms with Gasteiger partial charge in [0.25, 0.3) is 5.56 Å². The second kappa shape index (κ2) is 6.93.